The summed E-state index contributed by atoms with van der Waals surface area (Å²) in [6.45, 7) is 3.63. The highest BCUT2D eigenvalue weighted by atomic mass is 32.1. The van der Waals surface area contributed by atoms with Gasteiger partial charge in [0.1, 0.15) is 6.10 Å². The molecular weight excluding hydrogens is 322 g/mol. The SMILES string of the molecule is O=C(NCCCc1nccs1)C1CN(Cc2ccccc2)CCO1. The molecule has 2 heterocycles. The maximum atomic E-state index is 12.3. The van der Waals surface area contributed by atoms with Crippen molar-refractivity contribution in [3.63, 3.8) is 0 Å². The van der Waals surface area contributed by atoms with E-state index in [1.54, 1.807) is 11.3 Å². The monoisotopic (exact) mass is 345 g/mol. The number of thiazole rings is 1. The first-order valence-corrected chi connectivity index (χ1v) is 9.23. The Balaban J connectivity index is 1.39. The van der Waals surface area contributed by atoms with E-state index in [-0.39, 0.29) is 12.0 Å². The summed E-state index contributed by atoms with van der Waals surface area (Å²) in [4.78, 5) is 18.8. The maximum Gasteiger partial charge on any atom is 0.250 e. The van der Waals surface area contributed by atoms with Crippen LogP contribution in [0.1, 0.15) is 17.0 Å². The first kappa shape index (κ1) is 17.1. The molecule has 3 rings (SSSR count). The minimum absolute atomic E-state index is 0.00750. The van der Waals surface area contributed by atoms with Crippen LogP contribution < -0.4 is 5.32 Å². The molecule has 0 spiro atoms. The van der Waals surface area contributed by atoms with Gasteiger partial charge in [0, 0.05) is 44.2 Å². The Labute approximate surface area is 146 Å². The third-order valence-corrected chi connectivity index (χ3v) is 4.88. The van der Waals surface area contributed by atoms with Gasteiger partial charge in [0.05, 0.1) is 11.6 Å². The van der Waals surface area contributed by atoms with E-state index in [9.17, 15) is 4.79 Å². The predicted molar refractivity (Wildman–Crippen MR) is 94.9 cm³/mol. The van der Waals surface area contributed by atoms with Gasteiger partial charge in [-0.1, -0.05) is 30.3 Å². The second kappa shape index (κ2) is 8.92. The number of rotatable bonds is 7. The molecule has 1 aliphatic rings. The average molecular weight is 345 g/mol. The summed E-state index contributed by atoms with van der Waals surface area (Å²) in [7, 11) is 0. The van der Waals surface area contributed by atoms with Crippen LogP contribution >= 0.6 is 11.3 Å². The molecule has 0 aliphatic carbocycles. The molecule has 1 aromatic heterocycles. The van der Waals surface area contributed by atoms with Gasteiger partial charge in [-0.3, -0.25) is 9.69 Å². The number of hydrogen-bond acceptors (Lipinski definition) is 5. The van der Waals surface area contributed by atoms with Crippen LogP contribution in [0, 0.1) is 0 Å². The fraction of sp³-hybridized carbons (Fsp3) is 0.444. The first-order chi connectivity index (χ1) is 11.8. The highest BCUT2D eigenvalue weighted by molar-refractivity contribution is 7.09. The molecule has 1 atom stereocenters. The third kappa shape index (κ3) is 5.12. The highest BCUT2D eigenvalue weighted by Gasteiger charge is 2.26. The molecule has 1 aromatic carbocycles. The molecular formula is C18H23N3O2S. The van der Waals surface area contributed by atoms with Crippen LogP contribution in [-0.2, 0) is 22.5 Å². The molecule has 0 bridgehead atoms. The standard InChI is InChI=1S/C18H23N3O2S/c22-18(20-8-4-7-17-19-9-12-24-17)16-14-21(10-11-23-16)13-15-5-2-1-3-6-15/h1-3,5-6,9,12,16H,4,7-8,10-11,13-14H2,(H,20,22). The number of aromatic nitrogens is 1. The van der Waals surface area contributed by atoms with E-state index in [4.69, 9.17) is 4.74 Å². The summed E-state index contributed by atoms with van der Waals surface area (Å²) >= 11 is 1.66. The highest BCUT2D eigenvalue weighted by Crippen LogP contribution is 2.11. The van der Waals surface area contributed by atoms with Gasteiger partial charge >= 0.3 is 0 Å². The van der Waals surface area contributed by atoms with Gasteiger partial charge < -0.3 is 10.1 Å². The molecule has 0 radical (unpaired) electrons. The second-order valence-corrected chi connectivity index (χ2v) is 6.88. The molecule has 1 saturated heterocycles. The number of ether oxygens (including phenoxy) is 1. The van der Waals surface area contributed by atoms with E-state index in [1.807, 2.05) is 29.8 Å². The molecule has 0 saturated carbocycles. The lowest BCUT2D eigenvalue weighted by Gasteiger charge is -2.32. The summed E-state index contributed by atoms with van der Waals surface area (Å²) < 4.78 is 5.65. The summed E-state index contributed by atoms with van der Waals surface area (Å²) in [6.07, 6.45) is 3.25. The number of amides is 1. The van der Waals surface area contributed by atoms with Crippen molar-refractivity contribution >= 4 is 17.2 Å². The van der Waals surface area contributed by atoms with E-state index in [2.05, 4.69) is 27.3 Å². The lowest BCUT2D eigenvalue weighted by atomic mass is 10.2. The molecule has 128 valence electrons. The van der Waals surface area contributed by atoms with Crippen molar-refractivity contribution in [3.05, 3.63) is 52.5 Å². The summed E-state index contributed by atoms with van der Waals surface area (Å²) in [5.74, 6) is -0.00750. The Bertz CT molecular complexity index is 618. The van der Waals surface area contributed by atoms with E-state index in [1.165, 1.54) is 5.56 Å². The molecule has 2 aromatic rings. The van der Waals surface area contributed by atoms with Crippen LogP contribution in [0.3, 0.4) is 0 Å². The van der Waals surface area contributed by atoms with E-state index in [0.29, 0.717) is 19.7 Å². The number of nitrogens with zero attached hydrogens (tertiary/aromatic N) is 2. The maximum absolute atomic E-state index is 12.3. The minimum atomic E-state index is -0.373. The quantitative estimate of drug-likeness (QED) is 0.781. The van der Waals surface area contributed by atoms with Crippen molar-refractivity contribution in [3.8, 4) is 0 Å². The second-order valence-electron chi connectivity index (χ2n) is 5.90. The normalized spacial score (nSPS) is 18.4. The number of carbonyl (C=O) groups excluding carboxylic acids is 1. The topological polar surface area (TPSA) is 54.5 Å². The molecule has 6 heteroatoms. The summed E-state index contributed by atoms with van der Waals surface area (Å²) in [6, 6.07) is 10.3. The number of benzene rings is 1. The fourth-order valence-corrected chi connectivity index (χ4v) is 3.45. The third-order valence-electron chi connectivity index (χ3n) is 4.04. The van der Waals surface area contributed by atoms with Crippen LogP contribution in [0.25, 0.3) is 0 Å². The number of carbonyl (C=O) groups is 1. The van der Waals surface area contributed by atoms with Crippen LogP contribution in [0.5, 0.6) is 0 Å². The molecule has 1 amide bonds. The van der Waals surface area contributed by atoms with Crippen LogP contribution in [0.15, 0.2) is 41.9 Å². The average Bonchev–Trinajstić information content (AvgIpc) is 3.13. The van der Waals surface area contributed by atoms with Gasteiger partial charge in [-0.15, -0.1) is 11.3 Å². The van der Waals surface area contributed by atoms with Crippen molar-refractivity contribution in [2.75, 3.05) is 26.2 Å². The van der Waals surface area contributed by atoms with Gasteiger partial charge in [0.25, 0.3) is 0 Å². The van der Waals surface area contributed by atoms with Gasteiger partial charge in [0.15, 0.2) is 0 Å². The van der Waals surface area contributed by atoms with E-state index in [0.717, 1.165) is 30.9 Å². The predicted octanol–water partition coefficient (Wildman–Crippen LogP) is 2.09. The zero-order valence-corrected chi connectivity index (χ0v) is 14.5. The lowest BCUT2D eigenvalue weighted by Crippen LogP contribution is -2.49. The van der Waals surface area contributed by atoms with Crippen LogP contribution in [0.4, 0.5) is 0 Å². The van der Waals surface area contributed by atoms with E-state index >= 15 is 0 Å². The molecule has 1 fully saturated rings. The Hall–Kier alpha value is -1.76. The number of hydrogen-bond donors (Lipinski definition) is 1. The van der Waals surface area contributed by atoms with Gasteiger partial charge in [-0.05, 0) is 12.0 Å². The Kier molecular flexibility index (Phi) is 6.34. The van der Waals surface area contributed by atoms with Gasteiger partial charge in [-0.2, -0.15) is 0 Å². The number of nitrogens with one attached hydrogen (secondary N) is 1. The molecule has 1 N–H and O–H groups in total. The lowest BCUT2D eigenvalue weighted by molar-refractivity contribution is -0.138. The molecule has 1 aliphatic heterocycles. The summed E-state index contributed by atoms with van der Waals surface area (Å²) in [5.41, 5.74) is 1.27. The van der Waals surface area contributed by atoms with Crippen molar-refractivity contribution in [1.29, 1.82) is 0 Å². The van der Waals surface area contributed by atoms with Crippen molar-refractivity contribution < 1.29 is 9.53 Å². The fourth-order valence-electron chi connectivity index (χ4n) is 2.79. The summed E-state index contributed by atoms with van der Waals surface area (Å²) in [5, 5.41) is 6.08. The van der Waals surface area contributed by atoms with Gasteiger partial charge in [0.2, 0.25) is 5.91 Å². The van der Waals surface area contributed by atoms with Gasteiger partial charge in [-0.25, -0.2) is 4.98 Å². The molecule has 1 unspecified atom stereocenters. The van der Waals surface area contributed by atoms with Crippen molar-refractivity contribution in [2.24, 2.45) is 0 Å². The molecule has 24 heavy (non-hydrogen) atoms. The Morgan fingerprint density at radius 1 is 1.38 bits per heavy atom. The number of morpholine rings is 1. The van der Waals surface area contributed by atoms with Crippen molar-refractivity contribution in [2.45, 2.75) is 25.5 Å². The molecule has 5 nitrogen and oxygen atoms in total. The first-order valence-electron chi connectivity index (χ1n) is 8.35. The van der Waals surface area contributed by atoms with E-state index < -0.39 is 0 Å². The Morgan fingerprint density at radius 2 is 2.25 bits per heavy atom. The van der Waals surface area contributed by atoms with Crippen molar-refractivity contribution in [1.82, 2.24) is 15.2 Å². The minimum Gasteiger partial charge on any atom is -0.366 e. The smallest absolute Gasteiger partial charge is 0.250 e. The zero-order valence-electron chi connectivity index (χ0n) is 13.7. The van der Waals surface area contributed by atoms with Crippen LogP contribution in [0.2, 0.25) is 0 Å². The van der Waals surface area contributed by atoms with Crippen LogP contribution in [-0.4, -0.2) is 48.1 Å². The number of aryl methyl sites for hydroxylation is 1. The largest absolute Gasteiger partial charge is 0.366 e. The Morgan fingerprint density at radius 3 is 3.04 bits per heavy atom. The zero-order chi connectivity index (χ0) is 16.6.